The molecular weight excluding hydrogens is 256 g/mol. The van der Waals surface area contributed by atoms with E-state index in [2.05, 4.69) is 22.0 Å². The second kappa shape index (κ2) is 9.14. The Hall–Kier alpha value is -1.93. The minimum Gasteiger partial charge on any atom is -0.495 e. The molecule has 100 valence electrons. The molecule has 0 unspecified atom stereocenters. The van der Waals surface area contributed by atoms with Crippen LogP contribution in [0.4, 0.5) is 5.82 Å². The maximum Gasteiger partial charge on any atom is 0.240 e. The first-order chi connectivity index (χ1) is 8.54. The topological polar surface area (TPSA) is 104 Å². The van der Waals surface area contributed by atoms with Crippen LogP contribution in [0.5, 0.6) is 5.75 Å². The van der Waals surface area contributed by atoms with Gasteiger partial charge in [0.15, 0.2) is 5.11 Å². The van der Waals surface area contributed by atoms with E-state index < -0.39 is 0 Å². The molecule has 1 amide bonds. The van der Waals surface area contributed by atoms with Gasteiger partial charge in [-0.3, -0.25) is 9.63 Å². The summed E-state index contributed by atoms with van der Waals surface area (Å²) in [5.41, 5.74) is 10.3. The van der Waals surface area contributed by atoms with E-state index in [1.54, 1.807) is 32.4 Å². The summed E-state index contributed by atoms with van der Waals surface area (Å²) in [6.45, 7) is 2.10. The number of hydrogen-bond acceptors (Lipinski definition) is 6. The number of ether oxygens (including phenoxy) is 1. The maximum absolute atomic E-state index is 9.97. The summed E-state index contributed by atoms with van der Waals surface area (Å²) in [7, 11) is 1.59. The smallest absolute Gasteiger partial charge is 0.240 e. The Bertz CT molecular complexity index is 372. The Balaban J connectivity index is 0.000000321. The number of hydrogen-bond donors (Lipinski definition) is 2. The van der Waals surface area contributed by atoms with Gasteiger partial charge >= 0.3 is 0 Å². The van der Waals surface area contributed by atoms with Gasteiger partial charge in [0.1, 0.15) is 11.6 Å². The van der Waals surface area contributed by atoms with Crippen LogP contribution in [0.15, 0.2) is 18.3 Å². The van der Waals surface area contributed by atoms with Crippen molar-refractivity contribution in [2.75, 3.05) is 19.5 Å². The number of nitrogens with zero attached hydrogens (tertiary/aromatic N) is 2. The lowest BCUT2D eigenvalue weighted by atomic mass is 10.4. The van der Waals surface area contributed by atoms with E-state index in [1.165, 1.54) is 0 Å². The fraction of sp³-hybridized carbons (Fsp3) is 0.300. The molecule has 0 radical (unpaired) electrons. The number of pyridine rings is 1. The van der Waals surface area contributed by atoms with Gasteiger partial charge in [-0.05, 0) is 31.3 Å². The quantitative estimate of drug-likeness (QED) is 0.462. The van der Waals surface area contributed by atoms with Crippen LogP contribution < -0.4 is 16.2 Å². The van der Waals surface area contributed by atoms with Gasteiger partial charge in [-0.2, -0.15) is 5.06 Å². The molecular formula is C10H16N4O3S. The summed E-state index contributed by atoms with van der Waals surface area (Å²) < 4.78 is 4.85. The van der Waals surface area contributed by atoms with E-state index >= 15 is 0 Å². The average molecular weight is 272 g/mol. The van der Waals surface area contributed by atoms with Crippen molar-refractivity contribution in [2.24, 2.45) is 5.73 Å². The van der Waals surface area contributed by atoms with Crippen molar-refractivity contribution in [1.29, 1.82) is 0 Å². The van der Waals surface area contributed by atoms with Gasteiger partial charge in [-0.1, -0.05) is 0 Å². The summed E-state index contributed by atoms with van der Waals surface area (Å²) in [5.74, 6) is 1.24. The van der Waals surface area contributed by atoms with Crippen LogP contribution in [0.25, 0.3) is 0 Å². The van der Waals surface area contributed by atoms with Crippen molar-refractivity contribution >= 4 is 29.6 Å². The molecule has 7 nitrogen and oxygen atoms in total. The molecule has 0 fully saturated rings. The van der Waals surface area contributed by atoms with E-state index in [0.29, 0.717) is 18.8 Å². The van der Waals surface area contributed by atoms with Gasteiger partial charge in [-0.25, -0.2) is 4.98 Å². The summed E-state index contributed by atoms with van der Waals surface area (Å²) in [5, 5.41) is 0.724. The first-order valence-corrected chi connectivity index (χ1v) is 5.38. The molecule has 0 aliphatic rings. The molecule has 0 atom stereocenters. The van der Waals surface area contributed by atoms with Crippen molar-refractivity contribution in [3.8, 4) is 5.75 Å². The zero-order chi connectivity index (χ0) is 14.0. The molecule has 1 heterocycles. The molecule has 18 heavy (non-hydrogen) atoms. The molecule has 0 aliphatic carbocycles. The van der Waals surface area contributed by atoms with Crippen LogP contribution in [-0.4, -0.2) is 35.3 Å². The number of nitrogen functional groups attached to an aromatic ring is 1. The number of rotatable bonds is 4. The number of carbonyl (C=O) groups excluding carboxylic acids is 1. The lowest BCUT2D eigenvalue weighted by molar-refractivity contribution is -0.146. The molecule has 1 aromatic heterocycles. The van der Waals surface area contributed by atoms with Crippen LogP contribution in [0.2, 0.25) is 0 Å². The third-order valence-electron chi connectivity index (χ3n) is 1.58. The largest absolute Gasteiger partial charge is 0.495 e. The van der Waals surface area contributed by atoms with Gasteiger partial charge in [-0.15, -0.1) is 0 Å². The summed E-state index contributed by atoms with van der Waals surface area (Å²) >= 11 is 4.43. The number of thiocarbonyl (C=S) groups is 1. The lowest BCUT2D eigenvalue weighted by Gasteiger charge is -2.11. The minimum atomic E-state index is -0.0770. The average Bonchev–Trinajstić information content (AvgIpc) is 2.37. The van der Waals surface area contributed by atoms with E-state index in [1.807, 2.05) is 0 Å². The Labute approximate surface area is 111 Å². The molecule has 0 aliphatic heterocycles. The first-order valence-electron chi connectivity index (χ1n) is 4.97. The highest BCUT2D eigenvalue weighted by Gasteiger charge is 2.01. The van der Waals surface area contributed by atoms with Crippen LogP contribution in [0.3, 0.4) is 0 Å². The standard InChI is InChI=1S/C6H8N2O.C4H8N2O2S/c1-9-5-2-3-6(7)8-4-5;1-2-8-6(3-7)4(5)9/h2-4H,1H3,(H2,7,8);3H,2H2,1H3,(H2,5,9). The third kappa shape index (κ3) is 6.61. The van der Waals surface area contributed by atoms with Gasteiger partial charge in [0.05, 0.1) is 19.9 Å². The number of hydroxylamine groups is 2. The fourth-order valence-electron chi connectivity index (χ4n) is 0.798. The third-order valence-corrected chi connectivity index (χ3v) is 1.76. The number of methoxy groups -OCH3 is 1. The number of amides is 1. The van der Waals surface area contributed by atoms with E-state index in [9.17, 15) is 4.79 Å². The Morgan fingerprint density at radius 1 is 1.61 bits per heavy atom. The van der Waals surface area contributed by atoms with E-state index in [-0.39, 0.29) is 5.11 Å². The molecule has 0 aromatic carbocycles. The molecule has 0 spiro atoms. The SMILES string of the molecule is CCON(C=O)C(N)=S.COc1ccc(N)nc1. The normalized spacial score (nSPS) is 8.78. The summed E-state index contributed by atoms with van der Waals surface area (Å²) in [6.07, 6.45) is 2.00. The van der Waals surface area contributed by atoms with Crippen LogP contribution in [0, 0.1) is 0 Å². The summed E-state index contributed by atoms with van der Waals surface area (Å²) in [4.78, 5) is 18.4. The van der Waals surface area contributed by atoms with Crippen molar-refractivity contribution < 1.29 is 14.4 Å². The van der Waals surface area contributed by atoms with E-state index in [4.69, 9.17) is 16.2 Å². The zero-order valence-electron chi connectivity index (χ0n) is 10.2. The zero-order valence-corrected chi connectivity index (χ0v) is 11.0. The van der Waals surface area contributed by atoms with Gasteiger partial charge < -0.3 is 16.2 Å². The predicted octanol–water partition coefficient (Wildman–Crippen LogP) is 0.312. The Morgan fingerprint density at radius 2 is 2.28 bits per heavy atom. The van der Waals surface area contributed by atoms with Crippen molar-refractivity contribution in [1.82, 2.24) is 10.0 Å². The minimum absolute atomic E-state index is 0.0770. The molecule has 4 N–H and O–H groups in total. The van der Waals surface area contributed by atoms with Crippen LogP contribution >= 0.6 is 12.2 Å². The lowest BCUT2D eigenvalue weighted by Crippen LogP contribution is -2.34. The summed E-state index contributed by atoms with van der Waals surface area (Å²) in [6, 6.07) is 3.46. The number of carbonyl (C=O) groups is 1. The maximum atomic E-state index is 9.97. The fourth-order valence-corrected chi connectivity index (χ4v) is 0.893. The predicted molar refractivity (Wildman–Crippen MR) is 71.5 cm³/mol. The Kier molecular flexibility index (Phi) is 8.16. The first kappa shape index (κ1) is 16.1. The molecule has 1 rings (SSSR count). The monoisotopic (exact) mass is 272 g/mol. The second-order valence-electron chi connectivity index (χ2n) is 2.81. The van der Waals surface area contributed by atoms with Crippen LogP contribution in [0.1, 0.15) is 6.92 Å². The highest BCUT2D eigenvalue weighted by molar-refractivity contribution is 7.80. The molecule has 0 saturated carbocycles. The number of nitrogens with two attached hydrogens (primary N) is 2. The molecule has 1 aromatic rings. The highest BCUT2D eigenvalue weighted by Crippen LogP contribution is 2.07. The van der Waals surface area contributed by atoms with E-state index in [0.717, 1.165) is 10.8 Å². The van der Waals surface area contributed by atoms with Crippen molar-refractivity contribution in [3.05, 3.63) is 18.3 Å². The molecule has 8 heteroatoms. The van der Waals surface area contributed by atoms with Gasteiger partial charge in [0, 0.05) is 0 Å². The molecule has 0 bridgehead atoms. The highest BCUT2D eigenvalue weighted by atomic mass is 32.1. The van der Waals surface area contributed by atoms with Crippen LogP contribution in [-0.2, 0) is 9.63 Å². The number of aromatic nitrogens is 1. The van der Waals surface area contributed by atoms with Crippen molar-refractivity contribution in [3.63, 3.8) is 0 Å². The second-order valence-corrected chi connectivity index (χ2v) is 3.23. The molecule has 0 saturated heterocycles. The van der Waals surface area contributed by atoms with Gasteiger partial charge in [0.25, 0.3) is 0 Å². The van der Waals surface area contributed by atoms with Crippen molar-refractivity contribution in [2.45, 2.75) is 6.92 Å². The number of anilines is 1. The van der Waals surface area contributed by atoms with Gasteiger partial charge in [0.2, 0.25) is 6.41 Å². The Morgan fingerprint density at radius 3 is 2.56 bits per heavy atom.